The van der Waals surface area contributed by atoms with E-state index in [0.29, 0.717) is 17.4 Å². The lowest BCUT2D eigenvalue weighted by molar-refractivity contribution is -0.121. The van der Waals surface area contributed by atoms with E-state index < -0.39 is 0 Å². The molecule has 0 aliphatic carbocycles. The molecule has 156 valence electrons. The van der Waals surface area contributed by atoms with Crippen LogP contribution in [0.5, 0.6) is 0 Å². The molecule has 1 amide bonds. The quantitative estimate of drug-likeness (QED) is 0.606. The van der Waals surface area contributed by atoms with E-state index in [0.717, 1.165) is 39.1 Å². The average Bonchev–Trinajstić information content (AvgIpc) is 2.80. The second-order valence-corrected chi connectivity index (χ2v) is 7.56. The minimum absolute atomic E-state index is 0.00752. The average molecular weight is 406 g/mol. The maximum absolute atomic E-state index is 12.5. The lowest BCUT2D eigenvalue weighted by Gasteiger charge is -2.36. The number of hydrogen-bond acceptors (Lipinski definition) is 5. The van der Waals surface area contributed by atoms with Crippen LogP contribution in [0.2, 0.25) is 0 Å². The molecule has 2 aromatic carbocycles. The summed E-state index contributed by atoms with van der Waals surface area (Å²) in [4.78, 5) is 33.8. The van der Waals surface area contributed by atoms with E-state index in [4.69, 9.17) is 0 Å². The molecule has 1 saturated heterocycles. The van der Waals surface area contributed by atoms with E-state index in [1.807, 2.05) is 12.1 Å². The number of piperazine rings is 1. The molecule has 1 aliphatic heterocycles. The van der Waals surface area contributed by atoms with Crippen LogP contribution in [0.15, 0.2) is 65.7 Å². The molecule has 0 atom stereocenters. The molecule has 7 nitrogen and oxygen atoms in total. The molecule has 0 saturated carbocycles. The predicted octanol–water partition coefficient (Wildman–Crippen LogP) is 1.72. The first-order valence-corrected chi connectivity index (χ1v) is 10.4. The van der Waals surface area contributed by atoms with Crippen LogP contribution in [0, 0.1) is 0 Å². The molecule has 4 rings (SSSR count). The highest BCUT2D eigenvalue weighted by molar-refractivity contribution is 5.78. The Balaban J connectivity index is 1.18. The lowest BCUT2D eigenvalue weighted by atomic mass is 10.2. The minimum Gasteiger partial charge on any atom is -0.369 e. The Morgan fingerprint density at radius 3 is 2.50 bits per heavy atom. The van der Waals surface area contributed by atoms with Crippen molar-refractivity contribution in [2.75, 3.05) is 44.2 Å². The van der Waals surface area contributed by atoms with Gasteiger partial charge >= 0.3 is 0 Å². The number of amides is 1. The first-order valence-electron chi connectivity index (χ1n) is 10.4. The van der Waals surface area contributed by atoms with Gasteiger partial charge in [-0.1, -0.05) is 30.3 Å². The number of carbonyl (C=O) groups is 1. The zero-order valence-corrected chi connectivity index (χ0v) is 17.0. The molecule has 0 radical (unpaired) electrons. The summed E-state index contributed by atoms with van der Waals surface area (Å²) in [5.41, 5.74) is 1.74. The third-order valence-corrected chi connectivity index (χ3v) is 5.51. The fraction of sp³-hybridized carbons (Fsp3) is 0.348. The molecule has 0 unspecified atom stereocenters. The van der Waals surface area contributed by atoms with Gasteiger partial charge in [0.05, 0.1) is 17.2 Å². The third kappa shape index (κ3) is 4.86. The van der Waals surface area contributed by atoms with Gasteiger partial charge in [-0.3, -0.25) is 19.1 Å². The highest BCUT2D eigenvalue weighted by atomic mass is 16.2. The maximum atomic E-state index is 12.5. The van der Waals surface area contributed by atoms with E-state index in [2.05, 4.69) is 44.4 Å². The highest BCUT2D eigenvalue weighted by Crippen LogP contribution is 2.15. The van der Waals surface area contributed by atoms with Crippen LogP contribution in [-0.2, 0) is 11.3 Å². The van der Waals surface area contributed by atoms with E-state index in [-0.39, 0.29) is 18.0 Å². The number of fused-ring (bicyclic) bond motifs is 1. The second kappa shape index (κ2) is 9.54. The molecule has 1 fully saturated rings. The van der Waals surface area contributed by atoms with Crippen LogP contribution in [0.25, 0.3) is 10.9 Å². The summed E-state index contributed by atoms with van der Waals surface area (Å²) in [6.07, 6.45) is 2.33. The van der Waals surface area contributed by atoms with Crippen LogP contribution >= 0.6 is 0 Å². The van der Waals surface area contributed by atoms with Crippen molar-refractivity contribution < 1.29 is 4.79 Å². The van der Waals surface area contributed by atoms with E-state index >= 15 is 0 Å². The summed E-state index contributed by atoms with van der Waals surface area (Å²) in [5, 5.41) is 3.45. The molecule has 2 heterocycles. The van der Waals surface area contributed by atoms with Gasteiger partial charge in [0.25, 0.3) is 5.56 Å². The fourth-order valence-corrected chi connectivity index (χ4v) is 3.83. The molecule has 7 heteroatoms. The van der Waals surface area contributed by atoms with Gasteiger partial charge in [-0.05, 0) is 37.2 Å². The number of nitrogens with one attached hydrogen (secondary N) is 1. The van der Waals surface area contributed by atoms with Crippen LogP contribution in [0.1, 0.15) is 6.42 Å². The Labute approximate surface area is 175 Å². The van der Waals surface area contributed by atoms with Crippen LogP contribution in [-0.4, -0.2) is 59.6 Å². The monoisotopic (exact) mass is 405 g/mol. The molecule has 3 aromatic rings. The molecule has 1 aromatic heterocycles. The third-order valence-electron chi connectivity index (χ3n) is 5.51. The van der Waals surface area contributed by atoms with Crippen molar-refractivity contribution in [2.45, 2.75) is 13.0 Å². The zero-order valence-electron chi connectivity index (χ0n) is 17.0. The van der Waals surface area contributed by atoms with E-state index in [9.17, 15) is 9.59 Å². The largest absolute Gasteiger partial charge is 0.369 e. The molecule has 1 aliphatic rings. The predicted molar refractivity (Wildman–Crippen MR) is 119 cm³/mol. The number of anilines is 1. The molecular weight excluding hydrogens is 378 g/mol. The Bertz CT molecular complexity index is 1040. The molecule has 0 spiro atoms. The SMILES string of the molecule is O=C(Cn1cnc2ccccc2c1=O)NCCCN1CCN(c2ccccc2)CC1. The normalized spacial score (nSPS) is 14.7. The van der Waals surface area contributed by atoms with Crippen molar-refractivity contribution in [2.24, 2.45) is 0 Å². The Hall–Kier alpha value is -3.19. The molecule has 0 bridgehead atoms. The zero-order chi connectivity index (χ0) is 20.8. The number of carbonyl (C=O) groups excluding carboxylic acids is 1. The summed E-state index contributed by atoms with van der Waals surface area (Å²) < 4.78 is 1.36. The topological polar surface area (TPSA) is 70.5 Å². The number of aromatic nitrogens is 2. The molecular formula is C23H27N5O2. The van der Waals surface area contributed by atoms with E-state index in [1.54, 1.807) is 18.2 Å². The number of rotatable bonds is 7. The lowest BCUT2D eigenvalue weighted by Crippen LogP contribution is -2.47. The van der Waals surface area contributed by atoms with Crippen molar-refractivity contribution in [1.29, 1.82) is 0 Å². The summed E-state index contributed by atoms with van der Waals surface area (Å²) in [6.45, 7) is 5.66. The van der Waals surface area contributed by atoms with E-state index in [1.165, 1.54) is 16.6 Å². The standard InChI is InChI=1S/C23H27N5O2/c29-22(17-28-18-25-21-10-5-4-9-20(21)23(28)30)24-11-6-12-26-13-15-27(16-14-26)19-7-2-1-3-8-19/h1-5,7-10,18H,6,11-17H2,(H,24,29). The van der Waals surface area contributed by atoms with Crippen LogP contribution in [0.3, 0.4) is 0 Å². The van der Waals surface area contributed by atoms with Gasteiger partial charge in [0.2, 0.25) is 5.91 Å². The van der Waals surface area contributed by atoms with Gasteiger partial charge < -0.3 is 10.2 Å². The molecule has 1 N–H and O–H groups in total. The second-order valence-electron chi connectivity index (χ2n) is 7.56. The van der Waals surface area contributed by atoms with Crippen molar-refractivity contribution in [3.05, 3.63) is 71.3 Å². The fourth-order valence-electron chi connectivity index (χ4n) is 3.83. The van der Waals surface area contributed by atoms with Crippen molar-refractivity contribution in [3.63, 3.8) is 0 Å². The van der Waals surface area contributed by atoms with Crippen molar-refractivity contribution in [3.8, 4) is 0 Å². The highest BCUT2D eigenvalue weighted by Gasteiger charge is 2.16. The first kappa shape index (κ1) is 20.1. The summed E-state index contributed by atoms with van der Waals surface area (Å²) in [6, 6.07) is 17.7. The Morgan fingerprint density at radius 1 is 0.967 bits per heavy atom. The summed E-state index contributed by atoms with van der Waals surface area (Å²) in [5.74, 6) is -0.164. The molecule has 30 heavy (non-hydrogen) atoms. The van der Waals surface area contributed by atoms with Gasteiger partial charge in [-0.2, -0.15) is 0 Å². The van der Waals surface area contributed by atoms with Gasteiger partial charge in [-0.25, -0.2) is 4.98 Å². The minimum atomic E-state index is -0.188. The van der Waals surface area contributed by atoms with Gasteiger partial charge in [0.15, 0.2) is 0 Å². The smallest absolute Gasteiger partial charge is 0.261 e. The van der Waals surface area contributed by atoms with Crippen molar-refractivity contribution >= 4 is 22.5 Å². The number of para-hydroxylation sites is 2. The van der Waals surface area contributed by atoms with Crippen LogP contribution < -0.4 is 15.8 Å². The number of nitrogens with zero attached hydrogens (tertiary/aromatic N) is 4. The van der Waals surface area contributed by atoms with Crippen molar-refractivity contribution in [1.82, 2.24) is 19.8 Å². The first-order chi connectivity index (χ1) is 14.7. The van der Waals surface area contributed by atoms with Crippen LogP contribution in [0.4, 0.5) is 5.69 Å². The number of benzene rings is 2. The number of hydrogen-bond donors (Lipinski definition) is 1. The summed E-state index contributed by atoms with van der Waals surface area (Å²) in [7, 11) is 0. The summed E-state index contributed by atoms with van der Waals surface area (Å²) >= 11 is 0. The Morgan fingerprint density at radius 2 is 1.70 bits per heavy atom. The van der Waals surface area contributed by atoms with Gasteiger partial charge in [0.1, 0.15) is 6.54 Å². The Kier molecular flexibility index (Phi) is 6.39. The van der Waals surface area contributed by atoms with Gasteiger partial charge in [-0.15, -0.1) is 0 Å². The maximum Gasteiger partial charge on any atom is 0.261 e. The van der Waals surface area contributed by atoms with Gasteiger partial charge in [0, 0.05) is 38.4 Å².